The Morgan fingerprint density at radius 1 is 1.35 bits per heavy atom. The van der Waals surface area contributed by atoms with Crippen molar-refractivity contribution >= 4 is 9.84 Å². The van der Waals surface area contributed by atoms with Crippen LogP contribution >= 0.6 is 0 Å². The molecule has 0 spiro atoms. The molecule has 1 saturated heterocycles. The van der Waals surface area contributed by atoms with Gasteiger partial charge in [0, 0.05) is 32.4 Å². The average Bonchev–Trinajstić information content (AvgIpc) is 2.38. The number of benzene rings is 1. The predicted octanol–water partition coefficient (Wildman–Crippen LogP) is 0.510. The summed E-state index contributed by atoms with van der Waals surface area (Å²) in [5.41, 5.74) is 1.07. The van der Waals surface area contributed by atoms with Gasteiger partial charge < -0.3 is 15.0 Å². The fourth-order valence-electron chi connectivity index (χ4n) is 2.22. The minimum Gasteiger partial charge on any atom is -0.374 e. The summed E-state index contributed by atoms with van der Waals surface area (Å²) in [5, 5.41) is 3.35. The maximum absolute atomic E-state index is 11.4. The van der Waals surface area contributed by atoms with Crippen molar-refractivity contribution in [1.29, 1.82) is 0 Å². The largest absolute Gasteiger partial charge is 0.374 e. The lowest BCUT2D eigenvalue weighted by Crippen LogP contribution is -2.44. The zero-order chi connectivity index (χ0) is 14.6. The van der Waals surface area contributed by atoms with Gasteiger partial charge in [0.05, 0.1) is 17.6 Å². The van der Waals surface area contributed by atoms with E-state index in [9.17, 15) is 8.42 Å². The summed E-state index contributed by atoms with van der Waals surface area (Å²) in [6, 6.07) is 6.99. The first-order chi connectivity index (χ1) is 9.45. The average molecular weight is 298 g/mol. The molecule has 0 saturated carbocycles. The third kappa shape index (κ3) is 4.56. The van der Waals surface area contributed by atoms with Crippen LogP contribution in [-0.4, -0.2) is 59.0 Å². The van der Waals surface area contributed by atoms with Gasteiger partial charge in [-0.1, -0.05) is 12.1 Å². The molecule has 0 unspecified atom stereocenters. The van der Waals surface area contributed by atoms with Crippen LogP contribution in [0.25, 0.3) is 0 Å². The Balaban J connectivity index is 1.79. The highest BCUT2D eigenvalue weighted by Crippen LogP contribution is 2.10. The Bertz CT molecular complexity index is 528. The van der Waals surface area contributed by atoms with Gasteiger partial charge in [-0.05, 0) is 24.7 Å². The molecule has 0 aliphatic carbocycles. The first-order valence-corrected chi connectivity index (χ1v) is 8.64. The summed E-state index contributed by atoms with van der Waals surface area (Å²) in [7, 11) is -1.01. The van der Waals surface area contributed by atoms with Gasteiger partial charge in [-0.25, -0.2) is 8.42 Å². The minimum atomic E-state index is -3.11. The van der Waals surface area contributed by atoms with Crippen molar-refractivity contribution in [2.45, 2.75) is 17.5 Å². The Morgan fingerprint density at radius 2 is 2.05 bits per heavy atom. The molecule has 1 atom stereocenters. The molecule has 1 aromatic rings. The van der Waals surface area contributed by atoms with Gasteiger partial charge in [-0.15, -0.1) is 0 Å². The second-order valence-corrected chi connectivity index (χ2v) is 7.32. The number of hydrogen-bond donors (Lipinski definition) is 1. The van der Waals surface area contributed by atoms with Crippen molar-refractivity contribution in [3.05, 3.63) is 29.8 Å². The molecule has 1 N–H and O–H groups in total. The molecule has 5 nitrogen and oxygen atoms in total. The van der Waals surface area contributed by atoms with E-state index in [0.717, 1.165) is 31.8 Å². The zero-order valence-corrected chi connectivity index (χ0v) is 12.8. The summed E-state index contributed by atoms with van der Waals surface area (Å²) < 4.78 is 28.4. The van der Waals surface area contributed by atoms with Crippen LogP contribution in [0.1, 0.15) is 5.56 Å². The number of nitrogens with one attached hydrogen (secondary N) is 1. The van der Waals surface area contributed by atoms with Crippen LogP contribution in [0, 0.1) is 0 Å². The fraction of sp³-hybridized carbons (Fsp3) is 0.571. The lowest BCUT2D eigenvalue weighted by atomic mass is 10.2. The summed E-state index contributed by atoms with van der Waals surface area (Å²) in [6.07, 6.45) is 1.45. The molecule has 1 aliphatic rings. The van der Waals surface area contributed by atoms with E-state index in [1.165, 1.54) is 6.26 Å². The Hall–Kier alpha value is -0.950. The molecule has 1 aliphatic heterocycles. The molecule has 1 fully saturated rings. The smallest absolute Gasteiger partial charge is 0.175 e. The number of nitrogens with zero attached hydrogens (tertiary/aromatic N) is 1. The molecule has 1 aromatic carbocycles. The van der Waals surface area contributed by atoms with Crippen LogP contribution in [0.3, 0.4) is 0 Å². The first-order valence-electron chi connectivity index (χ1n) is 6.75. The number of likely N-dealkylation sites (N-methyl/N-ethyl adjacent to an activating group) is 1. The van der Waals surface area contributed by atoms with Crippen molar-refractivity contribution in [2.24, 2.45) is 0 Å². The maximum atomic E-state index is 11.4. The van der Waals surface area contributed by atoms with Crippen LogP contribution in [0.2, 0.25) is 0 Å². The number of hydrogen-bond acceptors (Lipinski definition) is 5. The highest BCUT2D eigenvalue weighted by atomic mass is 32.2. The molecule has 112 valence electrons. The third-order valence-electron chi connectivity index (χ3n) is 3.39. The van der Waals surface area contributed by atoms with Crippen molar-refractivity contribution in [3.8, 4) is 0 Å². The van der Waals surface area contributed by atoms with Gasteiger partial charge >= 0.3 is 0 Å². The third-order valence-corrected chi connectivity index (χ3v) is 4.52. The Morgan fingerprint density at radius 3 is 2.65 bits per heavy atom. The Kier molecular flexibility index (Phi) is 5.15. The van der Waals surface area contributed by atoms with Crippen LogP contribution in [0.15, 0.2) is 29.2 Å². The number of rotatable bonds is 5. The van der Waals surface area contributed by atoms with E-state index in [0.29, 0.717) is 11.4 Å². The number of sulfone groups is 1. The lowest BCUT2D eigenvalue weighted by molar-refractivity contribution is -0.0182. The standard InChI is InChI=1S/C14H22N2O3S/c1-16-7-8-19-13(11-16)10-15-9-12-3-5-14(6-4-12)20(2,17)18/h3-6,13,15H,7-11H2,1-2H3/t13-/m0/s1. The molecule has 0 radical (unpaired) electrons. The van der Waals surface area contributed by atoms with Gasteiger partial charge in [0.25, 0.3) is 0 Å². The maximum Gasteiger partial charge on any atom is 0.175 e. The first kappa shape index (κ1) is 15.4. The van der Waals surface area contributed by atoms with Gasteiger partial charge in [0.2, 0.25) is 0 Å². The monoisotopic (exact) mass is 298 g/mol. The summed E-state index contributed by atoms with van der Waals surface area (Å²) in [6.45, 7) is 4.24. The van der Waals surface area contributed by atoms with Crippen molar-refractivity contribution in [1.82, 2.24) is 10.2 Å². The van der Waals surface area contributed by atoms with Crippen molar-refractivity contribution < 1.29 is 13.2 Å². The zero-order valence-electron chi connectivity index (χ0n) is 12.0. The molecule has 6 heteroatoms. The van der Waals surface area contributed by atoms with E-state index in [4.69, 9.17) is 4.74 Å². The number of morpholine rings is 1. The fourth-order valence-corrected chi connectivity index (χ4v) is 2.85. The number of ether oxygens (including phenoxy) is 1. The van der Waals surface area contributed by atoms with Gasteiger partial charge in [-0.3, -0.25) is 0 Å². The highest BCUT2D eigenvalue weighted by Gasteiger charge is 2.16. The molecular weight excluding hydrogens is 276 g/mol. The van der Waals surface area contributed by atoms with Gasteiger partial charge in [0.15, 0.2) is 9.84 Å². The topological polar surface area (TPSA) is 58.6 Å². The van der Waals surface area contributed by atoms with Crippen LogP contribution in [0.4, 0.5) is 0 Å². The van der Waals surface area contributed by atoms with E-state index in [1.54, 1.807) is 12.1 Å². The molecule has 20 heavy (non-hydrogen) atoms. The quantitative estimate of drug-likeness (QED) is 0.858. The van der Waals surface area contributed by atoms with E-state index >= 15 is 0 Å². The Labute approximate surface area is 120 Å². The molecule has 0 bridgehead atoms. The summed E-state index contributed by atoms with van der Waals surface area (Å²) in [4.78, 5) is 2.62. The SMILES string of the molecule is CN1CCO[C@@H](CNCc2ccc(S(C)(=O)=O)cc2)C1. The highest BCUT2D eigenvalue weighted by molar-refractivity contribution is 7.90. The van der Waals surface area contributed by atoms with Gasteiger partial charge in [-0.2, -0.15) is 0 Å². The van der Waals surface area contributed by atoms with E-state index in [1.807, 2.05) is 12.1 Å². The summed E-state index contributed by atoms with van der Waals surface area (Å²) in [5.74, 6) is 0. The van der Waals surface area contributed by atoms with E-state index < -0.39 is 9.84 Å². The second-order valence-electron chi connectivity index (χ2n) is 5.30. The minimum absolute atomic E-state index is 0.226. The molecule has 2 rings (SSSR count). The van der Waals surface area contributed by atoms with E-state index in [-0.39, 0.29) is 6.10 Å². The van der Waals surface area contributed by atoms with E-state index in [2.05, 4.69) is 17.3 Å². The van der Waals surface area contributed by atoms with Crippen LogP contribution in [-0.2, 0) is 21.1 Å². The van der Waals surface area contributed by atoms with Crippen LogP contribution in [0.5, 0.6) is 0 Å². The predicted molar refractivity (Wildman–Crippen MR) is 78.5 cm³/mol. The molecule has 0 amide bonds. The van der Waals surface area contributed by atoms with Crippen LogP contribution < -0.4 is 5.32 Å². The lowest BCUT2D eigenvalue weighted by Gasteiger charge is -2.30. The molecule has 1 heterocycles. The van der Waals surface area contributed by atoms with Crippen molar-refractivity contribution in [3.63, 3.8) is 0 Å². The molecular formula is C14H22N2O3S. The summed E-state index contributed by atoms with van der Waals surface area (Å²) >= 11 is 0. The van der Waals surface area contributed by atoms with Crippen molar-refractivity contribution in [2.75, 3.05) is 39.5 Å². The normalized spacial score (nSPS) is 21.0. The molecule has 0 aromatic heterocycles. The second kappa shape index (κ2) is 6.67. The van der Waals surface area contributed by atoms with Gasteiger partial charge in [0.1, 0.15) is 0 Å².